The molecular weight excluding hydrogens is 370 g/mol. The zero-order chi connectivity index (χ0) is 20.1. The lowest BCUT2D eigenvalue weighted by Gasteiger charge is -2.43. The van der Waals surface area contributed by atoms with Gasteiger partial charge in [0.1, 0.15) is 0 Å². The van der Waals surface area contributed by atoms with E-state index in [1.807, 2.05) is 55.5 Å². The van der Waals surface area contributed by atoms with Gasteiger partial charge in [0.15, 0.2) is 5.78 Å². The summed E-state index contributed by atoms with van der Waals surface area (Å²) in [6.45, 7) is 6.19. The summed E-state index contributed by atoms with van der Waals surface area (Å²) < 4.78 is 0. The van der Waals surface area contributed by atoms with Crippen LogP contribution in [0.2, 0.25) is 5.02 Å². The highest BCUT2D eigenvalue weighted by atomic mass is 35.5. The van der Waals surface area contributed by atoms with Crippen molar-refractivity contribution in [2.24, 2.45) is 5.41 Å². The molecule has 2 aromatic rings. The van der Waals surface area contributed by atoms with E-state index < -0.39 is 0 Å². The molecule has 0 bridgehead atoms. The summed E-state index contributed by atoms with van der Waals surface area (Å²) in [5, 5.41) is 0.622. The number of ketones is 1. The van der Waals surface area contributed by atoms with Crippen LogP contribution in [0.1, 0.15) is 50.2 Å². The van der Waals surface area contributed by atoms with E-state index >= 15 is 0 Å². The van der Waals surface area contributed by atoms with E-state index in [1.54, 1.807) is 4.90 Å². The van der Waals surface area contributed by atoms with Crippen LogP contribution >= 0.6 is 11.6 Å². The lowest BCUT2D eigenvalue weighted by molar-refractivity contribution is -0.121. The van der Waals surface area contributed by atoms with Crippen molar-refractivity contribution in [3.05, 3.63) is 76.0 Å². The zero-order valence-corrected chi connectivity index (χ0v) is 17.2. The van der Waals surface area contributed by atoms with Crippen molar-refractivity contribution < 1.29 is 9.59 Å². The highest BCUT2D eigenvalue weighted by Gasteiger charge is 2.44. The molecule has 2 aliphatic rings. The number of anilines is 1. The minimum Gasteiger partial charge on any atom is -0.294 e. The standard InChI is InChI=1S/C24H24ClNO2/c1-15-7-4-5-10-19(15)26-20-13-24(2,3)14-21(27)23(20)18(12-22(26)28)16-8-6-9-17(25)11-16/h4-11,18H,12-14H2,1-3H3. The van der Waals surface area contributed by atoms with Gasteiger partial charge in [0.05, 0.1) is 5.69 Å². The molecule has 0 N–H and O–H groups in total. The number of aryl methyl sites for hydroxylation is 1. The van der Waals surface area contributed by atoms with Crippen molar-refractivity contribution in [2.45, 2.75) is 46.0 Å². The molecule has 1 aliphatic heterocycles. The van der Waals surface area contributed by atoms with E-state index in [2.05, 4.69) is 13.8 Å². The first-order valence-electron chi connectivity index (χ1n) is 9.67. The molecule has 0 saturated carbocycles. The Morgan fingerprint density at radius 3 is 2.50 bits per heavy atom. The molecule has 1 aliphatic carbocycles. The Balaban J connectivity index is 1.93. The maximum atomic E-state index is 13.3. The number of amides is 1. The number of carbonyl (C=O) groups excluding carboxylic acids is 2. The first-order chi connectivity index (χ1) is 13.3. The lowest BCUT2D eigenvalue weighted by atomic mass is 9.69. The van der Waals surface area contributed by atoms with E-state index in [0.717, 1.165) is 28.1 Å². The fourth-order valence-electron chi connectivity index (χ4n) is 4.52. The molecule has 1 amide bonds. The van der Waals surface area contributed by atoms with E-state index in [9.17, 15) is 9.59 Å². The topological polar surface area (TPSA) is 37.4 Å². The third-order valence-electron chi connectivity index (χ3n) is 5.75. The van der Waals surface area contributed by atoms with Crippen molar-refractivity contribution >= 4 is 29.0 Å². The van der Waals surface area contributed by atoms with Crippen molar-refractivity contribution in [3.8, 4) is 0 Å². The number of hydrogen-bond acceptors (Lipinski definition) is 2. The summed E-state index contributed by atoms with van der Waals surface area (Å²) in [6.07, 6.45) is 1.48. The van der Waals surface area contributed by atoms with Crippen LogP contribution in [-0.4, -0.2) is 11.7 Å². The van der Waals surface area contributed by atoms with Crippen molar-refractivity contribution in [3.63, 3.8) is 0 Å². The molecule has 0 spiro atoms. The number of rotatable bonds is 2. The Hall–Kier alpha value is -2.39. The monoisotopic (exact) mass is 393 g/mol. The first kappa shape index (κ1) is 18.9. The maximum Gasteiger partial charge on any atom is 0.232 e. The molecule has 4 heteroatoms. The van der Waals surface area contributed by atoms with Gasteiger partial charge in [-0.25, -0.2) is 0 Å². The molecule has 0 radical (unpaired) electrons. The molecule has 2 aromatic carbocycles. The smallest absolute Gasteiger partial charge is 0.232 e. The predicted octanol–water partition coefficient (Wildman–Crippen LogP) is 5.81. The Kier molecular flexibility index (Phi) is 4.67. The van der Waals surface area contributed by atoms with Crippen LogP contribution in [0.4, 0.5) is 5.69 Å². The minimum absolute atomic E-state index is 0.0310. The Labute approximate surface area is 171 Å². The van der Waals surface area contributed by atoms with E-state index in [-0.39, 0.29) is 29.4 Å². The normalized spacial score (nSPS) is 21.7. The second-order valence-corrected chi connectivity index (χ2v) is 9.07. The van der Waals surface area contributed by atoms with E-state index in [4.69, 9.17) is 11.6 Å². The van der Waals surface area contributed by atoms with Crippen molar-refractivity contribution in [1.82, 2.24) is 0 Å². The molecule has 28 heavy (non-hydrogen) atoms. The summed E-state index contributed by atoms with van der Waals surface area (Å²) in [6, 6.07) is 15.4. The number of halogens is 1. The van der Waals surface area contributed by atoms with Crippen LogP contribution in [0, 0.1) is 12.3 Å². The van der Waals surface area contributed by atoms with Gasteiger partial charge < -0.3 is 0 Å². The molecule has 1 atom stereocenters. The molecular formula is C24H24ClNO2. The number of para-hydroxylation sites is 1. The third kappa shape index (κ3) is 3.29. The molecule has 0 aromatic heterocycles. The second-order valence-electron chi connectivity index (χ2n) is 8.63. The fourth-order valence-corrected chi connectivity index (χ4v) is 4.72. The van der Waals surface area contributed by atoms with Crippen LogP contribution in [0.25, 0.3) is 0 Å². The molecule has 0 saturated heterocycles. The number of nitrogens with zero attached hydrogens (tertiary/aromatic N) is 1. The Morgan fingerprint density at radius 1 is 1.04 bits per heavy atom. The van der Waals surface area contributed by atoms with Gasteiger partial charge in [-0.15, -0.1) is 0 Å². The number of Topliss-reactive ketones (excluding diaryl/α,β-unsaturated/α-hetero) is 1. The first-order valence-corrected chi connectivity index (χ1v) is 10.0. The molecule has 4 rings (SSSR count). The average molecular weight is 394 g/mol. The van der Waals surface area contributed by atoms with Gasteiger partial charge in [-0.3, -0.25) is 14.5 Å². The van der Waals surface area contributed by atoms with Gasteiger partial charge >= 0.3 is 0 Å². The summed E-state index contributed by atoms with van der Waals surface area (Å²) in [7, 11) is 0. The SMILES string of the molecule is Cc1ccccc1N1C(=O)CC(c2cccc(Cl)c2)C2=C1CC(C)(C)CC2=O. The molecule has 1 unspecified atom stereocenters. The van der Waals surface area contributed by atoms with Crippen LogP contribution in [0.3, 0.4) is 0 Å². The number of carbonyl (C=O) groups is 2. The van der Waals surface area contributed by atoms with Gasteiger partial charge in [-0.05, 0) is 48.1 Å². The zero-order valence-electron chi connectivity index (χ0n) is 16.5. The van der Waals surface area contributed by atoms with Crippen LogP contribution in [0.5, 0.6) is 0 Å². The van der Waals surface area contributed by atoms with Crippen LogP contribution < -0.4 is 4.90 Å². The second kappa shape index (κ2) is 6.89. The van der Waals surface area contributed by atoms with Gasteiger partial charge in [-0.1, -0.05) is 55.8 Å². The average Bonchev–Trinajstić information content (AvgIpc) is 2.61. The highest BCUT2D eigenvalue weighted by molar-refractivity contribution is 6.30. The highest BCUT2D eigenvalue weighted by Crippen LogP contribution is 2.48. The van der Waals surface area contributed by atoms with Gasteiger partial charge in [-0.2, -0.15) is 0 Å². The van der Waals surface area contributed by atoms with Gasteiger partial charge in [0.25, 0.3) is 0 Å². The van der Waals surface area contributed by atoms with Crippen LogP contribution in [-0.2, 0) is 9.59 Å². The minimum atomic E-state index is -0.231. The van der Waals surface area contributed by atoms with Crippen molar-refractivity contribution in [2.75, 3.05) is 4.90 Å². The Morgan fingerprint density at radius 2 is 1.79 bits per heavy atom. The summed E-state index contributed by atoms with van der Waals surface area (Å²) in [5.41, 5.74) is 4.30. The summed E-state index contributed by atoms with van der Waals surface area (Å²) in [4.78, 5) is 28.4. The van der Waals surface area contributed by atoms with Crippen molar-refractivity contribution in [1.29, 1.82) is 0 Å². The molecule has 144 valence electrons. The van der Waals surface area contributed by atoms with Gasteiger partial charge in [0.2, 0.25) is 5.91 Å². The van der Waals surface area contributed by atoms with Crippen LogP contribution in [0.15, 0.2) is 59.8 Å². The quantitative estimate of drug-likeness (QED) is 0.645. The van der Waals surface area contributed by atoms with E-state index in [0.29, 0.717) is 17.9 Å². The summed E-state index contributed by atoms with van der Waals surface area (Å²) >= 11 is 6.21. The van der Waals surface area contributed by atoms with E-state index in [1.165, 1.54) is 0 Å². The lowest BCUT2D eigenvalue weighted by Crippen LogP contribution is -2.44. The molecule has 0 fully saturated rings. The number of benzene rings is 2. The number of allylic oxidation sites excluding steroid dienone is 2. The number of hydrogen-bond donors (Lipinski definition) is 0. The summed E-state index contributed by atoms with van der Waals surface area (Å²) in [5.74, 6) is -0.0593. The molecule has 1 heterocycles. The third-order valence-corrected chi connectivity index (χ3v) is 5.99. The largest absolute Gasteiger partial charge is 0.294 e. The molecule has 3 nitrogen and oxygen atoms in total. The van der Waals surface area contributed by atoms with Gasteiger partial charge in [0, 0.05) is 35.1 Å². The predicted molar refractivity (Wildman–Crippen MR) is 113 cm³/mol. The maximum absolute atomic E-state index is 13.3. The fraction of sp³-hybridized carbons (Fsp3) is 0.333. The Bertz CT molecular complexity index is 1010.